The summed E-state index contributed by atoms with van der Waals surface area (Å²) in [5, 5.41) is 6.07. The van der Waals surface area contributed by atoms with Crippen LogP contribution < -0.4 is 16.4 Å². The Hall–Kier alpha value is -1.55. The molecular weight excluding hydrogens is 214 g/mol. The number of nitrogens with two attached hydrogens (primary N) is 1. The molecule has 0 aliphatic carbocycles. The summed E-state index contributed by atoms with van der Waals surface area (Å²) >= 11 is 0. The van der Waals surface area contributed by atoms with E-state index in [9.17, 15) is 4.79 Å². The molecule has 0 spiro atoms. The van der Waals surface area contributed by atoms with Crippen molar-refractivity contribution in [1.29, 1.82) is 0 Å². The van der Waals surface area contributed by atoms with Gasteiger partial charge in [-0.2, -0.15) is 0 Å². The van der Waals surface area contributed by atoms with Gasteiger partial charge in [0.15, 0.2) is 0 Å². The lowest BCUT2D eigenvalue weighted by atomic mass is 10.3. The average Bonchev–Trinajstić information content (AvgIpc) is 2.36. The largest absolute Gasteiger partial charge is 0.385 e. The zero-order chi connectivity index (χ0) is 12.3. The van der Waals surface area contributed by atoms with E-state index in [1.807, 2.05) is 30.3 Å². The number of rotatable bonds is 8. The lowest BCUT2D eigenvalue weighted by molar-refractivity contribution is -0.120. The van der Waals surface area contributed by atoms with E-state index in [4.69, 9.17) is 5.73 Å². The molecular formula is C13H21N3O. The number of nitrogens with one attached hydrogen (secondary N) is 2. The maximum atomic E-state index is 11.4. The first kappa shape index (κ1) is 13.5. The van der Waals surface area contributed by atoms with Crippen LogP contribution in [0, 0.1) is 0 Å². The topological polar surface area (TPSA) is 67.1 Å². The molecule has 0 aliphatic heterocycles. The Bertz CT molecular complexity index is 314. The van der Waals surface area contributed by atoms with Crippen molar-refractivity contribution < 1.29 is 4.79 Å². The van der Waals surface area contributed by atoms with Gasteiger partial charge in [0.05, 0.1) is 0 Å². The molecule has 0 fully saturated rings. The lowest BCUT2D eigenvalue weighted by Crippen LogP contribution is -2.26. The van der Waals surface area contributed by atoms with Crippen LogP contribution in [0.3, 0.4) is 0 Å². The Labute approximate surface area is 103 Å². The van der Waals surface area contributed by atoms with Gasteiger partial charge in [0.1, 0.15) is 0 Å². The zero-order valence-corrected chi connectivity index (χ0v) is 10.1. The Balaban J connectivity index is 2.04. The molecule has 4 N–H and O–H groups in total. The molecule has 1 aromatic rings. The summed E-state index contributed by atoms with van der Waals surface area (Å²) in [4.78, 5) is 11.4. The maximum Gasteiger partial charge on any atom is 0.221 e. The summed E-state index contributed by atoms with van der Waals surface area (Å²) < 4.78 is 0. The van der Waals surface area contributed by atoms with Gasteiger partial charge in [0, 0.05) is 25.2 Å². The smallest absolute Gasteiger partial charge is 0.221 e. The Kier molecular flexibility index (Phi) is 6.82. The summed E-state index contributed by atoms with van der Waals surface area (Å²) in [6.07, 6.45) is 2.41. The summed E-state index contributed by atoms with van der Waals surface area (Å²) in [6.45, 7) is 2.07. The van der Waals surface area contributed by atoms with Gasteiger partial charge in [-0.15, -0.1) is 0 Å². The summed E-state index contributed by atoms with van der Waals surface area (Å²) in [5.74, 6) is 0.0884. The van der Waals surface area contributed by atoms with Gasteiger partial charge in [0.2, 0.25) is 5.91 Å². The third kappa shape index (κ3) is 6.58. The minimum absolute atomic E-state index is 0.0884. The van der Waals surface area contributed by atoms with Crippen LogP contribution in [-0.2, 0) is 4.79 Å². The van der Waals surface area contributed by atoms with Gasteiger partial charge in [-0.3, -0.25) is 4.79 Å². The fraction of sp³-hybridized carbons (Fsp3) is 0.462. The molecule has 94 valence electrons. The van der Waals surface area contributed by atoms with Crippen LogP contribution in [0.25, 0.3) is 0 Å². The molecule has 1 aromatic carbocycles. The van der Waals surface area contributed by atoms with E-state index in [0.29, 0.717) is 19.5 Å². The van der Waals surface area contributed by atoms with Crippen LogP contribution in [0.2, 0.25) is 0 Å². The minimum atomic E-state index is 0.0884. The summed E-state index contributed by atoms with van der Waals surface area (Å²) in [6, 6.07) is 9.87. The quantitative estimate of drug-likeness (QED) is 0.596. The van der Waals surface area contributed by atoms with Crippen LogP contribution >= 0.6 is 0 Å². The molecule has 0 aliphatic rings. The van der Waals surface area contributed by atoms with Gasteiger partial charge in [-0.1, -0.05) is 18.2 Å². The molecule has 0 atom stereocenters. The number of para-hydroxylation sites is 1. The van der Waals surface area contributed by atoms with Crippen molar-refractivity contribution in [2.24, 2.45) is 5.73 Å². The second-order valence-corrected chi connectivity index (χ2v) is 3.89. The predicted octanol–water partition coefficient (Wildman–Crippen LogP) is 1.34. The van der Waals surface area contributed by atoms with Crippen molar-refractivity contribution in [1.82, 2.24) is 5.32 Å². The summed E-state index contributed by atoms with van der Waals surface area (Å²) in [7, 11) is 0. The third-order valence-corrected chi connectivity index (χ3v) is 2.41. The molecule has 0 saturated heterocycles. The fourth-order valence-corrected chi connectivity index (χ4v) is 1.46. The van der Waals surface area contributed by atoms with Crippen molar-refractivity contribution in [2.75, 3.05) is 25.0 Å². The molecule has 0 saturated carbocycles. The van der Waals surface area contributed by atoms with Crippen molar-refractivity contribution >= 4 is 11.6 Å². The van der Waals surface area contributed by atoms with E-state index in [0.717, 1.165) is 25.1 Å². The first-order chi connectivity index (χ1) is 8.33. The summed E-state index contributed by atoms with van der Waals surface area (Å²) in [5.41, 5.74) is 6.41. The molecule has 0 heterocycles. The van der Waals surface area contributed by atoms with E-state index < -0.39 is 0 Å². The van der Waals surface area contributed by atoms with Gasteiger partial charge >= 0.3 is 0 Å². The SMILES string of the molecule is NCCCCNC(=O)CCNc1ccccc1. The molecule has 17 heavy (non-hydrogen) atoms. The number of carbonyl (C=O) groups is 1. The molecule has 1 rings (SSSR count). The second kappa shape index (κ2) is 8.58. The van der Waals surface area contributed by atoms with Gasteiger partial charge in [-0.05, 0) is 31.5 Å². The lowest BCUT2D eigenvalue weighted by Gasteiger charge is -2.07. The second-order valence-electron chi connectivity index (χ2n) is 3.89. The van der Waals surface area contributed by atoms with Crippen molar-refractivity contribution in [3.63, 3.8) is 0 Å². The number of benzene rings is 1. The molecule has 4 heteroatoms. The van der Waals surface area contributed by atoms with Gasteiger partial charge < -0.3 is 16.4 Å². The normalized spacial score (nSPS) is 9.94. The number of amides is 1. The monoisotopic (exact) mass is 235 g/mol. The fourth-order valence-electron chi connectivity index (χ4n) is 1.46. The molecule has 0 bridgehead atoms. The first-order valence-electron chi connectivity index (χ1n) is 6.08. The highest BCUT2D eigenvalue weighted by atomic mass is 16.1. The van der Waals surface area contributed by atoms with Crippen LogP contribution in [0.5, 0.6) is 0 Å². The van der Waals surface area contributed by atoms with Gasteiger partial charge in [0.25, 0.3) is 0 Å². The number of unbranched alkanes of at least 4 members (excludes halogenated alkanes) is 1. The molecule has 4 nitrogen and oxygen atoms in total. The zero-order valence-electron chi connectivity index (χ0n) is 10.1. The average molecular weight is 235 g/mol. The van der Waals surface area contributed by atoms with E-state index in [-0.39, 0.29) is 5.91 Å². The van der Waals surface area contributed by atoms with Crippen LogP contribution in [0.4, 0.5) is 5.69 Å². The van der Waals surface area contributed by atoms with Gasteiger partial charge in [-0.25, -0.2) is 0 Å². The number of hydrogen-bond donors (Lipinski definition) is 3. The first-order valence-corrected chi connectivity index (χ1v) is 6.08. The third-order valence-electron chi connectivity index (χ3n) is 2.41. The number of carbonyl (C=O) groups excluding carboxylic acids is 1. The minimum Gasteiger partial charge on any atom is -0.385 e. The molecule has 0 radical (unpaired) electrons. The standard InChI is InChI=1S/C13H21N3O/c14-9-4-5-10-16-13(17)8-11-15-12-6-2-1-3-7-12/h1-3,6-7,15H,4-5,8-11,14H2,(H,16,17). The van der Waals surface area contributed by atoms with E-state index >= 15 is 0 Å². The Morgan fingerprint density at radius 1 is 1.12 bits per heavy atom. The Morgan fingerprint density at radius 2 is 1.88 bits per heavy atom. The van der Waals surface area contributed by atoms with Crippen LogP contribution in [0.1, 0.15) is 19.3 Å². The van der Waals surface area contributed by atoms with E-state index in [1.165, 1.54) is 0 Å². The molecule has 0 unspecified atom stereocenters. The van der Waals surface area contributed by atoms with E-state index in [2.05, 4.69) is 10.6 Å². The van der Waals surface area contributed by atoms with Crippen LogP contribution in [-0.4, -0.2) is 25.5 Å². The highest BCUT2D eigenvalue weighted by Crippen LogP contribution is 2.04. The Morgan fingerprint density at radius 3 is 2.59 bits per heavy atom. The molecule has 0 aromatic heterocycles. The van der Waals surface area contributed by atoms with Crippen molar-refractivity contribution in [2.45, 2.75) is 19.3 Å². The van der Waals surface area contributed by atoms with E-state index in [1.54, 1.807) is 0 Å². The van der Waals surface area contributed by atoms with Crippen LogP contribution in [0.15, 0.2) is 30.3 Å². The van der Waals surface area contributed by atoms with Crippen molar-refractivity contribution in [3.8, 4) is 0 Å². The number of hydrogen-bond acceptors (Lipinski definition) is 3. The highest BCUT2D eigenvalue weighted by Gasteiger charge is 1.99. The van der Waals surface area contributed by atoms with Crippen molar-refractivity contribution in [3.05, 3.63) is 30.3 Å². The molecule has 1 amide bonds. The highest BCUT2D eigenvalue weighted by molar-refractivity contribution is 5.76. The predicted molar refractivity (Wildman–Crippen MR) is 70.8 cm³/mol. The number of anilines is 1. The maximum absolute atomic E-state index is 11.4.